The third-order valence-electron chi connectivity index (χ3n) is 5.06. The molecule has 0 saturated heterocycles. The number of rotatable bonds is 4. The van der Waals surface area contributed by atoms with Gasteiger partial charge in [0.2, 0.25) is 0 Å². The number of hydrogen-bond donors (Lipinski definition) is 2. The highest BCUT2D eigenvalue weighted by Crippen LogP contribution is 2.30. The molecule has 0 aliphatic heterocycles. The number of aliphatic carboxylic acids is 1. The van der Waals surface area contributed by atoms with Gasteiger partial charge >= 0.3 is 5.97 Å². The standard InChI is InChI=1S/C18H22N4O4S/c1-8-9(2)21-22(4)17(24)13(8)16-19-10(3)14(27-16)15(23)20-12-6-5-11(7-12)18(25)26/h11-12H,5-7H2,1-4H3,(H,20,23)(H,25,26)/t11-,12+/m0/s1. The topological polar surface area (TPSA) is 114 Å². The van der Waals surface area contributed by atoms with Gasteiger partial charge in [-0.15, -0.1) is 11.3 Å². The molecule has 0 unspecified atom stereocenters. The molecule has 0 bridgehead atoms. The molecular weight excluding hydrogens is 368 g/mol. The van der Waals surface area contributed by atoms with Crippen molar-refractivity contribution in [2.24, 2.45) is 13.0 Å². The van der Waals surface area contributed by atoms with E-state index in [1.54, 1.807) is 14.0 Å². The van der Waals surface area contributed by atoms with Crippen molar-refractivity contribution < 1.29 is 14.7 Å². The van der Waals surface area contributed by atoms with Crippen LogP contribution in [0.4, 0.5) is 0 Å². The fourth-order valence-corrected chi connectivity index (χ4v) is 4.47. The van der Waals surface area contributed by atoms with Crippen molar-refractivity contribution in [1.29, 1.82) is 0 Å². The zero-order valence-corrected chi connectivity index (χ0v) is 16.5. The van der Waals surface area contributed by atoms with Crippen molar-refractivity contribution in [2.45, 2.75) is 46.1 Å². The van der Waals surface area contributed by atoms with Gasteiger partial charge in [-0.25, -0.2) is 9.67 Å². The molecule has 0 aromatic carbocycles. The summed E-state index contributed by atoms with van der Waals surface area (Å²) in [5, 5.41) is 16.7. The van der Waals surface area contributed by atoms with E-state index in [0.29, 0.717) is 40.4 Å². The van der Waals surface area contributed by atoms with E-state index >= 15 is 0 Å². The minimum absolute atomic E-state index is 0.152. The first kappa shape index (κ1) is 19.2. The summed E-state index contributed by atoms with van der Waals surface area (Å²) in [4.78, 5) is 41.2. The van der Waals surface area contributed by atoms with Crippen LogP contribution in [0.15, 0.2) is 4.79 Å². The van der Waals surface area contributed by atoms with Crippen molar-refractivity contribution in [3.05, 3.63) is 32.2 Å². The number of carboxylic acids is 1. The number of carboxylic acid groups (broad SMARTS) is 1. The van der Waals surface area contributed by atoms with Crippen LogP contribution in [-0.4, -0.2) is 37.8 Å². The zero-order chi connectivity index (χ0) is 19.9. The molecule has 2 atom stereocenters. The Balaban J connectivity index is 1.87. The van der Waals surface area contributed by atoms with Crippen LogP contribution < -0.4 is 10.9 Å². The Bertz CT molecular complexity index is 978. The summed E-state index contributed by atoms with van der Waals surface area (Å²) < 4.78 is 1.28. The second kappa shape index (κ2) is 7.22. The first-order chi connectivity index (χ1) is 12.7. The molecule has 144 valence electrons. The minimum atomic E-state index is -0.817. The van der Waals surface area contributed by atoms with Crippen molar-refractivity contribution >= 4 is 23.2 Å². The Morgan fingerprint density at radius 3 is 2.56 bits per heavy atom. The van der Waals surface area contributed by atoms with Gasteiger partial charge in [-0.3, -0.25) is 14.4 Å². The van der Waals surface area contributed by atoms with Crippen LogP contribution >= 0.6 is 11.3 Å². The maximum Gasteiger partial charge on any atom is 0.306 e. The van der Waals surface area contributed by atoms with Crippen molar-refractivity contribution in [1.82, 2.24) is 20.1 Å². The van der Waals surface area contributed by atoms with Crippen LogP contribution in [0.25, 0.3) is 10.6 Å². The van der Waals surface area contributed by atoms with E-state index in [1.165, 1.54) is 16.0 Å². The van der Waals surface area contributed by atoms with Gasteiger partial charge in [0.1, 0.15) is 9.88 Å². The first-order valence-electron chi connectivity index (χ1n) is 8.75. The molecule has 2 N–H and O–H groups in total. The van der Waals surface area contributed by atoms with Crippen molar-refractivity contribution in [2.75, 3.05) is 0 Å². The number of aromatic nitrogens is 3. The number of thiazole rings is 1. The molecule has 9 heteroatoms. The van der Waals surface area contributed by atoms with E-state index in [0.717, 1.165) is 11.3 Å². The maximum absolute atomic E-state index is 12.7. The summed E-state index contributed by atoms with van der Waals surface area (Å²) in [5.74, 6) is -1.49. The number of carbonyl (C=O) groups excluding carboxylic acids is 1. The smallest absolute Gasteiger partial charge is 0.306 e. The van der Waals surface area contributed by atoms with E-state index in [4.69, 9.17) is 5.11 Å². The average Bonchev–Trinajstić information content (AvgIpc) is 3.20. The van der Waals surface area contributed by atoms with Crippen molar-refractivity contribution in [3.63, 3.8) is 0 Å². The molecule has 0 spiro atoms. The van der Waals surface area contributed by atoms with Gasteiger partial charge in [0.05, 0.1) is 22.9 Å². The summed E-state index contributed by atoms with van der Waals surface area (Å²) in [5.41, 5.74) is 2.24. The lowest BCUT2D eigenvalue weighted by molar-refractivity contribution is -0.141. The average molecular weight is 390 g/mol. The van der Waals surface area contributed by atoms with Crippen LogP contribution in [0.1, 0.15) is 45.9 Å². The lowest BCUT2D eigenvalue weighted by atomic mass is 10.1. The lowest BCUT2D eigenvalue weighted by Gasteiger charge is -2.11. The summed E-state index contributed by atoms with van der Waals surface area (Å²) in [6.45, 7) is 5.38. The van der Waals surface area contributed by atoms with Crippen LogP contribution in [-0.2, 0) is 11.8 Å². The molecule has 2 heterocycles. The van der Waals surface area contributed by atoms with Gasteiger partial charge < -0.3 is 10.4 Å². The highest BCUT2D eigenvalue weighted by Gasteiger charge is 2.31. The third-order valence-corrected chi connectivity index (χ3v) is 6.23. The van der Waals surface area contributed by atoms with E-state index < -0.39 is 11.9 Å². The summed E-state index contributed by atoms with van der Waals surface area (Å²) in [6, 6.07) is -0.152. The molecule has 2 aromatic rings. The monoisotopic (exact) mass is 390 g/mol. The molecule has 1 fully saturated rings. The lowest BCUT2D eigenvalue weighted by Crippen LogP contribution is -2.33. The fraction of sp³-hybridized carbons (Fsp3) is 0.500. The molecule has 0 radical (unpaired) electrons. The number of amides is 1. The molecule has 2 aromatic heterocycles. The van der Waals surface area contributed by atoms with Gasteiger partial charge in [-0.1, -0.05) is 0 Å². The molecule has 1 aliphatic rings. The maximum atomic E-state index is 12.7. The minimum Gasteiger partial charge on any atom is -0.481 e. The summed E-state index contributed by atoms with van der Waals surface area (Å²) in [7, 11) is 1.59. The predicted octanol–water partition coefficient (Wildman–Crippen LogP) is 1.81. The molecule has 1 amide bonds. The van der Waals surface area contributed by atoms with Gasteiger partial charge in [0.15, 0.2) is 0 Å². The molecule has 27 heavy (non-hydrogen) atoms. The Labute approximate surface area is 160 Å². The first-order valence-corrected chi connectivity index (χ1v) is 9.56. The molecular formula is C18H22N4O4S. The van der Waals surface area contributed by atoms with Crippen molar-refractivity contribution in [3.8, 4) is 10.6 Å². The van der Waals surface area contributed by atoms with E-state index in [-0.39, 0.29) is 17.5 Å². The Kier molecular flexibility index (Phi) is 5.14. The Morgan fingerprint density at radius 2 is 1.93 bits per heavy atom. The fourth-order valence-electron chi connectivity index (χ4n) is 3.40. The summed E-state index contributed by atoms with van der Waals surface area (Å²) in [6.07, 6.45) is 1.66. The highest BCUT2D eigenvalue weighted by molar-refractivity contribution is 7.17. The molecule has 8 nitrogen and oxygen atoms in total. The van der Waals surface area contributed by atoms with Gasteiger partial charge in [0.25, 0.3) is 11.5 Å². The van der Waals surface area contributed by atoms with E-state index in [1.807, 2.05) is 13.8 Å². The van der Waals surface area contributed by atoms with E-state index in [2.05, 4.69) is 15.4 Å². The molecule has 1 aliphatic carbocycles. The Morgan fingerprint density at radius 1 is 1.22 bits per heavy atom. The molecule has 1 saturated carbocycles. The van der Waals surface area contributed by atoms with Gasteiger partial charge in [-0.2, -0.15) is 5.10 Å². The quantitative estimate of drug-likeness (QED) is 0.823. The van der Waals surface area contributed by atoms with Gasteiger partial charge in [-0.05, 0) is 45.6 Å². The second-order valence-electron chi connectivity index (χ2n) is 6.97. The second-order valence-corrected chi connectivity index (χ2v) is 7.97. The number of hydrogen-bond acceptors (Lipinski definition) is 6. The number of nitrogens with one attached hydrogen (secondary N) is 1. The van der Waals surface area contributed by atoms with Crippen LogP contribution in [0.5, 0.6) is 0 Å². The highest BCUT2D eigenvalue weighted by atomic mass is 32.1. The van der Waals surface area contributed by atoms with Crippen LogP contribution in [0.3, 0.4) is 0 Å². The van der Waals surface area contributed by atoms with Gasteiger partial charge in [0, 0.05) is 13.1 Å². The van der Waals surface area contributed by atoms with E-state index in [9.17, 15) is 14.4 Å². The molecule has 3 rings (SSSR count). The number of nitrogens with zero attached hydrogens (tertiary/aromatic N) is 3. The SMILES string of the molecule is Cc1nc(-c2c(C)c(C)nn(C)c2=O)sc1C(=O)N[C@@H]1CC[C@H](C(=O)O)C1. The Hall–Kier alpha value is -2.55. The van der Waals surface area contributed by atoms with Crippen LogP contribution in [0.2, 0.25) is 0 Å². The largest absolute Gasteiger partial charge is 0.481 e. The summed E-state index contributed by atoms with van der Waals surface area (Å²) >= 11 is 1.18. The number of carbonyl (C=O) groups is 2. The third kappa shape index (κ3) is 3.64. The zero-order valence-electron chi connectivity index (χ0n) is 15.7. The van der Waals surface area contributed by atoms with Crippen LogP contribution in [0, 0.1) is 26.7 Å². The normalized spacial score (nSPS) is 19.3. The predicted molar refractivity (Wildman–Crippen MR) is 101 cm³/mol. The number of aryl methyl sites for hydroxylation is 3.